The van der Waals surface area contributed by atoms with Crippen LogP contribution in [0.1, 0.15) is 23.5 Å². The molecule has 2 heterocycles. The summed E-state index contributed by atoms with van der Waals surface area (Å²) in [6.07, 6.45) is 1.74. The average molecular weight is 344 g/mol. The molecular weight excluding hydrogens is 326 g/mol. The third kappa shape index (κ3) is 3.04. The molecule has 0 saturated carbocycles. The summed E-state index contributed by atoms with van der Waals surface area (Å²) in [5, 5.41) is 2.35. The zero-order valence-corrected chi connectivity index (χ0v) is 13.6. The molecule has 25 heavy (non-hydrogen) atoms. The Morgan fingerprint density at radius 2 is 2.00 bits per heavy atom. The molecule has 4 rings (SSSR count). The van der Waals surface area contributed by atoms with E-state index in [1.54, 1.807) is 4.90 Å². The van der Waals surface area contributed by atoms with Crippen molar-refractivity contribution in [2.45, 2.75) is 18.8 Å². The lowest BCUT2D eigenvalue weighted by Gasteiger charge is -2.18. The number of benzene rings is 2. The van der Waals surface area contributed by atoms with Crippen molar-refractivity contribution in [3.63, 3.8) is 0 Å². The number of fused-ring (bicyclic) bond motifs is 1. The van der Waals surface area contributed by atoms with E-state index in [0.717, 1.165) is 30.7 Å². The SMILES string of the molecule is O=C(Nc1c(F)cccc1F)N1CCC(c2ccc3c(c2)CCO3)C1. The van der Waals surface area contributed by atoms with Crippen molar-refractivity contribution in [3.8, 4) is 5.75 Å². The first kappa shape index (κ1) is 15.9. The number of hydrogen-bond acceptors (Lipinski definition) is 2. The molecule has 1 atom stereocenters. The molecule has 0 spiro atoms. The van der Waals surface area contributed by atoms with Gasteiger partial charge < -0.3 is 15.0 Å². The van der Waals surface area contributed by atoms with Crippen molar-refractivity contribution in [2.24, 2.45) is 0 Å². The maximum Gasteiger partial charge on any atom is 0.322 e. The van der Waals surface area contributed by atoms with Crippen LogP contribution in [0.3, 0.4) is 0 Å². The highest BCUT2D eigenvalue weighted by Crippen LogP contribution is 2.33. The zero-order chi connectivity index (χ0) is 17.4. The minimum atomic E-state index is -0.775. The topological polar surface area (TPSA) is 41.6 Å². The first-order valence-corrected chi connectivity index (χ1v) is 8.37. The molecule has 1 saturated heterocycles. The molecule has 0 bridgehead atoms. The van der Waals surface area contributed by atoms with Crippen LogP contribution in [-0.2, 0) is 6.42 Å². The number of carbonyl (C=O) groups excluding carboxylic acids is 1. The van der Waals surface area contributed by atoms with Crippen LogP contribution in [0, 0.1) is 11.6 Å². The summed E-state index contributed by atoms with van der Waals surface area (Å²) >= 11 is 0. The average Bonchev–Trinajstić information content (AvgIpc) is 3.26. The Kier molecular flexibility index (Phi) is 4.03. The van der Waals surface area contributed by atoms with Gasteiger partial charge in [0.2, 0.25) is 0 Å². The zero-order valence-electron chi connectivity index (χ0n) is 13.6. The molecule has 0 aromatic heterocycles. The number of likely N-dealkylation sites (tertiary alicyclic amines) is 1. The highest BCUT2D eigenvalue weighted by Gasteiger charge is 2.29. The lowest BCUT2D eigenvalue weighted by Crippen LogP contribution is -2.33. The van der Waals surface area contributed by atoms with Crippen molar-refractivity contribution < 1.29 is 18.3 Å². The van der Waals surface area contributed by atoms with Gasteiger partial charge in [0.15, 0.2) is 0 Å². The summed E-state index contributed by atoms with van der Waals surface area (Å²) in [6, 6.07) is 9.20. The minimum absolute atomic E-state index is 0.224. The van der Waals surface area contributed by atoms with Gasteiger partial charge in [-0.1, -0.05) is 18.2 Å². The van der Waals surface area contributed by atoms with Crippen molar-refractivity contribution in [3.05, 3.63) is 59.2 Å². The van der Waals surface area contributed by atoms with Gasteiger partial charge in [0.05, 0.1) is 6.61 Å². The number of nitrogens with zero attached hydrogens (tertiary/aromatic N) is 1. The van der Waals surface area contributed by atoms with Gasteiger partial charge in [0, 0.05) is 25.4 Å². The van der Waals surface area contributed by atoms with E-state index in [1.807, 2.05) is 12.1 Å². The molecule has 2 aliphatic heterocycles. The van der Waals surface area contributed by atoms with E-state index < -0.39 is 23.4 Å². The van der Waals surface area contributed by atoms with Crippen molar-refractivity contribution in [2.75, 3.05) is 25.0 Å². The highest BCUT2D eigenvalue weighted by molar-refractivity contribution is 5.89. The molecule has 1 unspecified atom stereocenters. The molecular formula is C19H18F2N2O2. The van der Waals surface area contributed by atoms with E-state index in [4.69, 9.17) is 4.74 Å². The number of carbonyl (C=O) groups is 1. The van der Waals surface area contributed by atoms with Gasteiger partial charge in [-0.15, -0.1) is 0 Å². The predicted molar refractivity (Wildman–Crippen MR) is 89.9 cm³/mol. The van der Waals surface area contributed by atoms with E-state index in [1.165, 1.54) is 17.2 Å². The summed E-state index contributed by atoms with van der Waals surface area (Å²) in [5.41, 5.74) is 1.98. The van der Waals surface area contributed by atoms with E-state index in [9.17, 15) is 13.6 Å². The summed E-state index contributed by atoms with van der Waals surface area (Å²) in [5.74, 6) is -0.390. The highest BCUT2D eigenvalue weighted by atomic mass is 19.1. The Labute approximate surface area is 144 Å². The fourth-order valence-electron chi connectivity index (χ4n) is 3.48. The van der Waals surface area contributed by atoms with E-state index in [-0.39, 0.29) is 5.92 Å². The number of anilines is 1. The first-order chi connectivity index (χ1) is 12.1. The summed E-state index contributed by atoms with van der Waals surface area (Å²) in [7, 11) is 0. The van der Waals surface area contributed by atoms with E-state index >= 15 is 0 Å². The third-order valence-corrected chi connectivity index (χ3v) is 4.86. The maximum atomic E-state index is 13.7. The van der Waals surface area contributed by atoms with Gasteiger partial charge in [-0.05, 0) is 35.7 Å². The second kappa shape index (κ2) is 6.35. The summed E-state index contributed by atoms with van der Waals surface area (Å²) in [4.78, 5) is 13.9. The number of para-hydroxylation sites is 1. The lowest BCUT2D eigenvalue weighted by molar-refractivity contribution is 0.221. The van der Waals surface area contributed by atoms with Gasteiger partial charge in [-0.25, -0.2) is 13.6 Å². The Morgan fingerprint density at radius 1 is 1.20 bits per heavy atom. The van der Waals surface area contributed by atoms with Crippen LogP contribution in [0.25, 0.3) is 0 Å². The molecule has 2 aromatic carbocycles. The van der Waals surface area contributed by atoms with Gasteiger partial charge >= 0.3 is 6.03 Å². The fourth-order valence-corrected chi connectivity index (χ4v) is 3.48. The lowest BCUT2D eigenvalue weighted by atomic mass is 9.96. The molecule has 0 radical (unpaired) electrons. The monoisotopic (exact) mass is 344 g/mol. The standard InChI is InChI=1S/C19H18F2N2O2/c20-15-2-1-3-16(21)18(15)22-19(24)23-8-6-14(11-23)12-4-5-17-13(10-12)7-9-25-17/h1-5,10,14H,6-9,11H2,(H,22,24). The molecule has 130 valence electrons. The maximum absolute atomic E-state index is 13.7. The molecule has 1 fully saturated rings. The van der Waals surface area contributed by atoms with Crippen LogP contribution in [0.15, 0.2) is 36.4 Å². The minimum Gasteiger partial charge on any atom is -0.493 e. The van der Waals surface area contributed by atoms with Crippen LogP contribution in [0.5, 0.6) is 5.75 Å². The number of amides is 2. The molecule has 2 aliphatic rings. The smallest absolute Gasteiger partial charge is 0.322 e. The Bertz CT molecular complexity index is 805. The van der Waals surface area contributed by atoms with Crippen LogP contribution in [-0.4, -0.2) is 30.6 Å². The molecule has 2 aromatic rings. The largest absolute Gasteiger partial charge is 0.493 e. The normalized spacial score (nSPS) is 18.8. The second-order valence-corrected chi connectivity index (χ2v) is 6.42. The van der Waals surface area contributed by atoms with Gasteiger partial charge in [-0.2, -0.15) is 0 Å². The molecule has 0 aliphatic carbocycles. The van der Waals surface area contributed by atoms with Crippen LogP contribution in [0.4, 0.5) is 19.3 Å². The predicted octanol–water partition coefficient (Wildman–Crippen LogP) is 3.92. The molecule has 6 heteroatoms. The molecule has 1 N–H and O–H groups in total. The van der Waals surface area contributed by atoms with Crippen LogP contribution >= 0.6 is 0 Å². The van der Waals surface area contributed by atoms with E-state index in [0.29, 0.717) is 19.7 Å². The third-order valence-electron chi connectivity index (χ3n) is 4.86. The number of nitrogens with one attached hydrogen (secondary N) is 1. The Morgan fingerprint density at radius 3 is 2.80 bits per heavy atom. The van der Waals surface area contributed by atoms with Crippen molar-refractivity contribution in [1.29, 1.82) is 0 Å². The van der Waals surface area contributed by atoms with Crippen molar-refractivity contribution in [1.82, 2.24) is 4.90 Å². The fraction of sp³-hybridized carbons (Fsp3) is 0.316. The number of halogens is 2. The van der Waals surface area contributed by atoms with Gasteiger partial charge in [0.25, 0.3) is 0 Å². The Hall–Kier alpha value is -2.63. The number of hydrogen-bond donors (Lipinski definition) is 1. The summed E-state index contributed by atoms with van der Waals surface area (Å²) < 4.78 is 32.9. The molecule has 4 nitrogen and oxygen atoms in total. The van der Waals surface area contributed by atoms with Gasteiger partial charge in [-0.3, -0.25) is 0 Å². The first-order valence-electron chi connectivity index (χ1n) is 8.37. The van der Waals surface area contributed by atoms with Crippen molar-refractivity contribution >= 4 is 11.7 Å². The number of ether oxygens (including phenoxy) is 1. The van der Waals surface area contributed by atoms with Crippen LogP contribution in [0.2, 0.25) is 0 Å². The number of urea groups is 1. The quantitative estimate of drug-likeness (QED) is 0.897. The van der Waals surface area contributed by atoms with E-state index in [2.05, 4.69) is 11.4 Å². The Balaban J connectivity index is 1.44. The summed E-state index contributed by atoms with van der Waals surface area (Å²) in [6.45, 7) is 1.80. The van der Waals surface area contributed by atoms with Crippen LogP contribution < -0.4 is 10.1 Å². The van der Waals surface area contributed by atoms with Gasteiger partial charge in [0.1, 0.15) is 23.1 Å². The number of rotatable bonds is 2. The second-order valence-electron chi connectivity index (χ2n) is 6.42. The molecule has 2 amide bonds.